The standard InChI is InChI=1S/C9H20N2OS/c1-7(5-9(10)13)11(3)8(2)6-12-4/h7-8H,5-6H2,1-4H3,(H2,10,13). The van der Waals surface area contributed by atoms with Crippen LogP contribution in [-0.2, 0) is 4.74 Å². The van der Waals surface area contributed by atoms with Crippen LogP contribution < -0.4 is 5.73 Å². The SMILES string of the molecule is COCC(C)N(C)C(C)CC(N)=S. The molecular weight excluding hydrogens is 184 g/mol. The van der Waals surface area contributed by atoms with Crippen molar-refractivity contribution in [1.82, 2.24) is 4.90 Å². The van der Waals surface area contributed by atoms with E-state index in [0.29, 0.717) is 17.1 Å². The summed E-state index contributed by atoms with van der Waals surface area (Å²) in [5, 5.41) is 0. The fourth-order valence-corrected chi connectivity index (χ4v) is 1.47. The van der Waals surface area contributed by atoms with Gasteiger partial charge in [-0.3, -0.25) is 4.90 Å². The Morgan fingerprint density at radius 2 is 2.00 bits per heavy atom. The van der Waals surface area contributed by atoms with Gasteiger partial charge < -0.3 is 10.5 Å². The van der Waals surface area contributed by atoms with Crippen molar-refractivity contribution in [3.8, 4) is 0 Å². The van der Waals surface area contributed by atoms with E-state index in [1.807, 2.05) is 0 Å². The van der Waals surface area contributed by atoms with Crippen molar-refractivity contribution in [2.24, 2.45) is 5.73 Å². The van der Waals surface area contributed by atoms with Crippen LogP contribution in [0.3, 0.4) is 0 Å². The van der Waals surface area contributed by atoms with Crippen molar-refractivity contribution in [3.63, 3.8) is 0 Å². The molecule has 78 valence electrons. The minimum Gasteiger partial charge on any atom is -0.393 e. The van der Waals surface area contributed by atoms with Crippen molar-refractivity contribution in [2.45, 2.75) is 32.4 Å². The predicted octanol–water partition coefficient (Wildman–Crippen LogP) is 1.02. The second kappa shape index (κ2) is 6.29. The summed E-state index contributed by atoms with van der Waals surface area (Å²) in [4.78, 5) is 2.80. The number of ether oxygens (including phenoxy) is 1. The van der Waals surface area contributed by atoms with Crippen molar-refractivity contribution in [1.29, 1.82) is 0 Å². The fourth-order valence-electron chi connectivity index (χ4n) is 1.23. The molecule has 0 fully saturated rings. The van der Waals surface area contributed by atoms with Crippen molar-refractivity contribution < 1.29 is 4.74 Å². The largest absolute Gasteiger partial charge is 0.393 e. The Labute approximate surface area is 86.2 Å². The van der Waals surface area contributed by atoms with Crippen LogP contribution in [0.4, 0.5) is 0 Å². The topological polar surface area (TPSA) is 38.5 Å². The van der Waals surface area contributed by atoms with Crippen LogP contribution >= 0.6 is 12.2 Å². The molecule has 0 heterocycles. The van der Waals surface area contributed by atoms with E-state index in [1.165, 1.54) is 0 Å². The average Bonchev–Trinajstić information content (AvgIpc) is 2.02. The molecule has 0 aliphatic carbocycles. The van der Waals surface area contributed by atoms with Crippen molar-refractivity contribution in [2.75, 3.05) is 20.8 Å². The fraction of sp³-hybridized carbons (Fsp3) is 0.889. The monoisotopic (exact) mass is 204 g/mol. The Hall–Kier alpha value is -0.190. The second-order valence-electron chi connectivity index (χ2n) is 3.49. The second-order valence-corrected chi connectivity index (χ2v) is 4.01. The third-order valence-electron chi connectivity index (χ3n) is 2.29. The van der Waals surface area contributed by atoms with Gasteiger partial charge in [0, 0.05) is 25.6 Å². The molecule has 0 aliphatic rings. The van der Waals surface area contributed by atoms with Crippen LogP contribution in [0.2, 0.25) is 0 Å². The first-order valence-corrected chi connectivity index (χ1v) is 4.89. The van der Waals surface area contributed by atoms with E-state index in [9.17, 15) is 0 Å². The van der Waals surface area contributed by atoms with Crippen LogP contribution in [-0.4, -0.2) is 42.7 Å². The first-order valence-electron chi connectivity index (χ1n) is 4.48. The summed E-state index contributed by atoms with van der Waals surface area (Å²) in [5.74, 6) is 0. The molecule has 13 heavy (non-hydrogen) atoms. The maximum absolute atomic E-state index is 5.48. The minimum atomic E-state index is 0.377. The van der Waals surface area contributed by atoms with Crippen molar-refractivity contribution in [3.05, 3.63) is 0 Å². The van der Waals surface area contributed by atoms with Gasteiger partial charge in [-0.25, -0.2) is 0 Å². The Kier molecular flexibility index (Phi) is 6.20. The lowest BCUT2D eigenvalue weighted by atomic mass is 10.1. The molecule has 2 atom stereocenters. The van der Waals surface area contributed by atoms with E-state index in [0.717, 1.165) is 13.0 Å². The Morgan fingerprint density at radius 1 is 1.46 bits per heavy atom. The molecule has 0 spiro atoms. The number of likely N-dealkylation sites (N-methyl/N-ethyl adjacent to an activating group) is 1. The van der Waals surface area contributed by atoms with Gasteiger partial charge in [0.15, 0.2) is 0 Å². The van der Waals surface area contributed by atoms with Gasteiger partial charge in [0.1, 0.15) is 0 Å². The number of methoxy groups -OCH3 is 1. The molecule has 0 radical (unpaired) electrons. The number of nitrogens with zero attached hydrogens (tertiary/aromatic N) is 1. The van der Waals surface area contributed by atoms with Crippen LogP contribution in [0, 0.1) is 0 Å². The number of nitrogens with two attached hydrogens (primary N) is 1. The predicted molar refractivity (Wildman–Crippen MR) is 60.0 cm³/mol. The zero-order valence-corrected chi connectivity index (χ0v) is 9.73. The highest BCUT2D eigenvalue weighted by atomic mass is 32.1. The first kappa shape index (κ1) is 12.8. The molecular formula is C9H20N2OS. The van der Waals surface area contributed by atoms with Gasteiger partial charge in [-0.1, -0.05) is 12.2 Å². The lowest BCUT2D eigenvalue weighted by molar-refractivity contribution is 0.0958. The number of hydrogen-bond acceptors (Lipinski definition) is 3. The Balaban J connectivity index is 3.92. The third-order valence-corrected chi connectivity index (χ3v) is 2.46. The molecule has 2 unspecified atom stereocenters. The van der Waals surface area contributed by atoms with E-state index in [2.05, 4.69) is 25.8 Å². The van der Waals surface area contributed by atoms with Gasteiger partial charge in [0.05, 0.1) is 11.6 Å². The van der Waals surface area contributed by atoms with Gasteiger partial charge in [0.2, 0.25) is 0 Å². The molecule has 0 aliphatic heterocycles. The van der Waals surface area contributed by atoms with Gasteiger partial charge in [-0.2, -0.15) is 0 Å². The normalized spacial score (nSPS) is 15.8. The smallest absolute Gasteiger partial charge is 0.0742 e. The highest BCUT2D eigenvalue weighted by Gasteiger charge is 2.15. The van der Waals surface area contributed by atoms with Crippen LogP contribution in [0.15, 0.2) is 0 Å². The summed E-state index contributed by atoms with van der Waals surface area (Å²) < 4.78 is 5.07. The van der Waals surface area contributed by atoms with Crippen LogP contribution in [0.25, 0.3) is 0 Å². The minimum absolute atomic E-state index is 0.377. The molecule has 0 aromatic carbocycles. The highest BCUT2D eigenvalue weighted by Crippen LogP contribution is 2.06. The summed E-state index contributed by atoms with van der Waals surface area (Å²) in [6.07, 6.45) is 0.764. The quantitative estimate of drug-likeness (QED) is 0.656. The number of thiocarbonyl (C=S) groups is 1. The zero-order valence-electron chi connectivity index (χ0n) is 8.91. The summed E-state index contributed by atoms with van der Waals surface area (Å²) in [6.45, 7) is 4.98. The maximum atomic E-state index is 5.48. The average molecular weight is 204 g/mol. The summed E-state index contributed by atoms with van der Waals surface area (Å²) in [5.41, 5.74) is 5.48. The number of hydrogen-bond donors (Lipinski definition) is 1. The van der Waals surface area contributed by atoms with Crippen LogP contribution in [0.5, 0.6) is 0 Å². The van der Waals surface area contributed by atoms with Gasteiger partial charge in [-0.05, 0) is 20.9 Å². The molecule has 0 saturated carbocycles. The van der Waals surface area contributed by atoms with E-state index in [-0.39, 0.29) is 0 Å². The number of rotatable bonds is 6. The van der Waals surface area contributed by atoms with E-state index < -0.39 is 0 Å². The Morgan fingerprint density at radius 3 is 2.38 bits per heavy atom. The zero-order chi connectivity index (χ0) is 10.4. The molecule has 0 saturated heterocycles. The van der Waals surface area contributed by atoms with Crippen LogP contribution in [0.1, 0.15) is 20.3 Å². The van der Waals surface area contributed by atoms with E-state index in [1.54, 1.807) is 7.11 Å². The Bertz CT molecular complexity index is 164. The third kappa shape index (κ3) is 5.18. The summed E-state index contributed by atoms with van der Waals surface area (Å²) in [6, 6.07) is 0.775. The molecule has 0 aromatic rings. The maximum Gasteiger partial charge on any atom is 0.0742 e. The van der Waals surface area contributed by atoms with Crippen molar-refractivity contribution >= 4 is 17.2 Å². The molecule has 0 amide bonds. The molecule has 4 heteroatoms. The summed E-state index contributed by atoms with van der Waals surface area (Å²) in [7, 11) is 3.77. The molecule has 2 N–H and O–H groups in total. The molecule has 3 nitrogen and oxygen atoms in total. The lowest BCUT2D eigenvalue weighted by Gasteiger charge is -2.30. The van der Waals surface area contributed by atoms with Gasteiger partial charge in [-0.15, -0.1) is 0 Å². The molecule has 0 rings (SSSR count). The van der Waals surface area contributed by atoms with Gasteiger partial charge in [0.25, 0.3) is 0 Å². The van der Waals surface area contributed by atoms with E-state index >= 15 is 0 Å². The van der Waals surface area contributed by atoms with E-state index in [4.69, 9.17) is 22.7 Å². The first-order chi connectivity index (χ1) is 5.99. The lowest BCUT2D eigenvalue weighted by Crippen LogP contribution is -2.41. The highest BCUT2D eigenvalue weighted by molar-refractivity contribution is 7.80. The summed E-state index contributed by atoms with van der Waals surface area (Å²) >= 11 is 4.86. The molecule has 0 aromatic heterocycles. The van der Waals surface area contributed by atoms with Gasteiger partial charge >= 0.3 is 0 Å². The molecule has 0 bridgehead atoms.